The molecule has 0 radical (unpaired) electrons. The van der Waals surface area contributed by atoms with Crippen LogP contribution < -0.4 is 10.6 Å². The maximum atomic E-state index is 12.0. The van der Waals surface area contributed by atoms with E-state index in [2.05, 4.69) is 5.32 Å². The molecule has 0 heterocycles. The Balaban J connectivity index is 2.71. The summed E-state index contributed by atoms with van der Waals surface area (Å²) < 4.78 is 60.7. The molecule has 0 saturated carbocycles. The lowest BCUT2D eigenvalue weighted by molar-refractivity contribution is -0.137. The van der Waals surface area contributed by atoms with Crippen LogP contribution in [0, 0.1) is 0 Å². The van der Waals surface area contributed by atoms with Gasteiger partial charge in [-0.25, -0.2) is 12.7 Å². The van der Waals surface area contributed by atoms with Crippen molar-refractivity contribution in [2.75, 3.05) is 27.2 Å². The largest absolute Gasteiger partial charge is 0.405 e. The topological polar surface area (TPSA) is 95.6 Å². The maximum Gasteiger partial charge on any atom is 0.405 e. The van der Waals surface area contributed by atoms with Crippen LogP contribution in [0.4, 0.5) is 13.2 Å². The van der Waals surface area contributed by atoms with Gasteiger partial charge in [-0.3, -0.25) is 9.59 Å². The van der Waals surface area contributed by atoms with E-state index < -0.39 is 41.1 Å². The highest BCUT2D eigenvalue weighted by molar-refractivity contribution is 7.89. The Morgan fingerprint density at radius 3 is 2.33 bits per heavy atom. The van der Waals surface area contributed by atoms with E-state index in [0.29, 0.717) is 0 Å². The van der Waals surface area contributed by atoms with Crippen LogP contribution in [0.1, 0.15) is 10.4 Å². The summed E-state index contributed by atoms with van der Waals surface area (Å²) in [6.45, 7) is -2.17. The minimum atomic E-state index is -4.55. The zero-order valence-electron chi connectivity index (χ0n) is 12.8. The molecule has 0 aliphatic carbocycles. The van der Waals surface area contributed by atoms with Crippen molar-refractivity contribution in [3.63, 3.8) is 0 Å². The van der Waals surface area contributed by atoms with E-state index in [1.807, 2.05) is 0 Å². The van der Waals surface area contributed by atoms with E-state index in [1.165, 1.54) is 32.3 Å². The molecule has 0 aromatic heterocycles. The Labute approximate surface area is 136 Å². The highest BCUT2D eigenvalue weighted by atomic mass is 32.2. The molecular formula is C13H16F3N3O4S. The number of nitrogens with zero attached hydrogens (tertiary/aromatic N) is 1. The van der Waals surface area contributed by atoms with Crippen LogP contribution in [0.3, 0.4) is 0 Å². The smallest absolute Gasteiger partial charge is 0.345 e. The van der Waals surface area contributed by atoms with Gasteiger partial charge in [0.05, 0.1) is 11.4 Å². The molecule has 0 saturated heterocycles. The molecule has 24 heavy (non-hydrogen) atoms. The second kappa shape index (κ2) is 7.62. The number of rotatable bonds is 6. The highest BCUT2D eigenvalue weighted by Crippen LogP contribution is 2.15. The van der Waals surface area contributed by atoms with Gasteiger partial charge in [0.15, 0.2) is 0 Å². The zero-order valence-corrected chi connectivity index (χ0v) is 13.7. The summed E-state index contributed by atoms with van der Waals surface area (Å²) in [5.41, 5.74) is -0.0402. The number of halogens is 3. The summed E-state index contributed by atoms with van der Waals surface area (Å²) in [5.74, 6) is -1.80. The Morgan fingerprint density at radius 2 is 1.79 bits per heavy atom. The first-order valence-electron chi connectivity index (χ1n) is 6.58. The number of benzene rings is 1. The Morgan fingerprint density at radius 1 is 1.17 bits per heavy atom. The van der Waals surface area contributed by atoms with E-state index >= 15 is 0 Å². The molecule has 1 aromatic carbocycles. The molecule has 1 rings (SSSR count). The molecule has 0 aliphatic rings. The van der Waals surface area contributed by atoms with Gasteiger partial charge in [-0.2, -0.15) is 13.2 Å². The minimum Gasteiger partial charge on any atom is -0.345 e. The van der Waals surface area contributed by atoms with Crippen LogP contribution >= 0.6 is 0 Å². The van der Waals surface area contributed by atoms with E-state index in [-0.39, 0.29) is 10.5 Å². The fraction of sp³-hybridized carbons (Fsp3) is 0.385. The third kappa shape index (κ3) is 5.81. The fourth-order valence-corrected chi connectivity index (χ4v) is 2.48. The quantitative estimate of drug-likeness (QED) is 0.758. The summed E-state index contributed by atoms with van der Waals surface area (Å²) in [6.07, 6.45) is -4.55. The number of nitrogens with one attached hydrogen (secondary N) is 2. The molecule has 2 amide bonds. The summed E-state index contributed by atoms with van der Waals surface area (Å²) in [7, 11) is -1.09. The van der Waals surface area contributed by atoms with Crippen LogP contribution in [0.15, 0.2) is 29.2 Å². The number of carbonyl (C=O) groups is 2. The molecule has 0 unspecified atom stereocenters. The maximum absolute atomic E-state index is 12.0. The van der Waals surface area contributed by atoms with Crippen molar-refractivity contribution >= 4 is 21.8 Å². The number of sulfonamides is 1. The van der Waals surface area contributed by atoms with Crippen molar-refractivity contribution in [3.8, 4) is 0 Å². The first-order valence-corrected chi connectivity index (χ1v) is 8.02. The van der Waals surface area contributed by atoms with Gasteiger partial charge in [-0.15, -0.1) is 0 Å². The molecular weight excluding hydrogens is 351 g/mol. The Kier molecular flexibility index (Phi) is 6.32. The average Bonchev–Trinajstić information content (AvgIpc) is 2.49. The molecule has 0 aliphatic heterocycles. The lowest BCUT2D eigenvalue weighted by Gasteiger charge is -2.12. The monoisotopic (exact) mass is 367 g/mol. The summed E-state index contributed by atoms with van der Waals surface area (Å²) in [4.78, 5) is 23.0. The molecule has 0 bridgehead atoms. The van der Waals surface area contributed by atoms with Gasteiger partial charge in [0.25, 0.3) is 5.91 Å². The highest BCUT2D eigenvalue weighted by Gasteiger charge is 2.27. The fourth-order valence-electron chi connectivity index (χ4n) is 1.53. The predicted octanol–water partition coefficient (Wildman–Crippen LogP) is 0.345. The summed E-state index contributed by atoms with van der Waals surface area (Å²) in [5, 5.41) is 3.71. The third-order valence-electron chi connectivity index (χ3n) is 2.77. The van der Waals surface area contributed by atoms with E-state index in [1.54, 1.807) is 5.32 Å². The molecule has 134 valence electrons. The predicted molar refractivity (Wildman–Crippen MR) is 78.7 cm³/mol. The second-order valence-electron chi connectivity index (χ2n) is 4.89. The SMILES string of the molecule is CN(C)S(=O)(=O)c1cccc(C(=O)NCC(=O)NCC(F)(F)F)c1. The van der Waals surface area contributed by atoms with Crippen molar-refractivity contribution in [3.05, 3.63) is 29.8 Å². The molecule has 7 nitrogen and oxygen atoms in total. The zero-order chi connectivity index (χ0) is 18.5. The van der Waals surface area contributed by atoms with Gasteiger partial charge in [0, 0.05) is 19.7 Å². The van der Waals surface area contributed by atoms with E-state index in [9.17, 15) is 31.2 Å². The standard InChI is InChI=1S/C13H16F3N3O4S/c1-19(2)24(22,23)10-5-3-4-9(6-10)12(21)17-7-11(20)18-8-13(14,15)16/h3-6H,7-8H2,1-2H3,(H,17,21)(H,18,20). The molecule has 0 spiro atoms. The van der Waals surface area contributed by atoms with Crippen LogP contribution in [-0.4, -0.2) is 57.9 Å². The van der Waals surface area contributed by atoms with Crippen molar-refractivity contribution in [2.24, 2.45) is 0 Å². The molecule has 2 N–H and O–H groups in total. The molecule has 0 fully saturated rings. The summed E-state index contributed by atoms with van der Waals surface area (Å²) in [6, 6.07) is 5.06. The van der Waals surface area contributed by atoms with Crippen molar-refractivity contribution in [1.82, 2.24) is 14.9 Å². The molecule has 0 atom stereocenters. The third-order valence-corrected chi connectivity index (χ3v) is 4.58. The van der Waals surface area contributed by atoms with Crippen molar-refractivity contribution < 1.29 is 31.2 Å². The van der Waals surface area contributed by atoms with E-state index in [4.69, 9.17) is 0 Å². The van der Waals surface area contributed by atoms with Crippen LogP contribution in [0.5, 0.6) is 0 Å². The lowest BCUT2D eigenvalue weighted by Crippen LogP contribution is -2.40. The van der Waals surface area contributed by atoms with Gasteiger partial charge in [0.2, 0.25) is 15.9 Å². The number of amides is 2. The molecule has 11 heteroatoms. The van der Waals surface area contributed by atoms with Gasteiger partial charge >= 0.3 is 6.18 Å². The van der Waals surface area contributed by atoms with Crippen molar-refractivity contribution in [1.29, 1.82) is 0 Å². The first kappa shape index (κ1) is 19.9. The summed E-state index contributed by atoms with van der Waals surface area (Å²) >= 11 is 0. The number of hydrogen-bond acceptors (Lipinski definition) is 4. The van der Waals surface area contributed by atoms with Crippen LogP contribution in [0.25, 0.3) is 0 Å². The van der Waals surface area contributed by atoms with E-state index in [0.717, 1.165) is 10.4 Å². The minimum absolute atomic E-state index is 0.0402. The number of alkyl halides is 3. The van der Waals surface area contributed by atoms with Gasteiger partial charge in [-0.1, -0.05) is 6.07 Å². The first-order chi connectivity index (χ1) is 10.9. The average molecular weight is 367 g/mol. The Bertz CT molecular complexity index is 717. The second-order valence-corrected chi connectivity index (χ2v) is 7.04. The van der Waals surface area contributed by atoms with Crippen LogP contribution in [0.2, 0.25) is 0 Å². The Hall–Kier alpha value is -2.14. The van der Waals surface area contributed by atoms with Crippen molar-refractivity contribution in [2.45, 2.75) is 11.1 Å². The van der Waals surface area contributed by atoms with Crippen LogP contribution in [-0.2, 0) is 14.8 Å². The number of carbonyl (C=O) groups excluding carboxylic acids is 2. The molecule has 1 aromatic rings. The number of hydrogen-bond donors (Lipinski definition) is 2. The van der Waals surface area contributed by atoms with Gasteiger partial charge in [-0.05, 0) is 18.2 Å². The van der Waals surface area contributed by atoms with Gasteiger partial charge in [0.1, 0.15) is 6.54 Å². The van der Waals surface area contributed by atoms with Gasteiger partial charge < -0.3 is 10.6 Å². The normalized spacial score (nSPS) is 12.1. The lowest BCUT2D eigenvalue weighted by atomic mass is 10.2.